The van der Waals surface area contributed by atoms with Crippen molar-refractivity contribution in [2.45, 2.75) is 81.8 Å². The Hall–Kier alpha value is -3.25. The molecule has 214 valence electrons. The molecule has 1 fully saturated rings. The molecule has 1 amide bonds. The largest absolute Gasteiger partial charge is 0.481 e. The van der Waals surface area contributed by atoms with E-state index < -0.39 is 12.3 Å². The highest BCUT2D eigenvalue weighted by Crippen LogP contribution is 2.39. The molecular formula is C29H36N4O6S. The SMILES string of the molecule is O=C(O)CCCCCCC(=O)NCc1ccc(C2OC(CSc3ncn[nH]3)CC(c3ccc(CO)cc3)O2)cc1. The zero-order valence-electron chi connectivity index (χ0n) is 22.3. The lowest BCUT2D eigenvalue weighted by Crippen LogP contribution is -2.31. The second-order valence-corrected chi connectivity index (χ2v) is 10.8. The molecule has 11 heteroatoms. The number of aromatic nitrogens is 3. The molecule has 2 aromatic carbocycles. The van der Waals surface area contributed by atoms with Gasteiger partial charge >= 0.3 is 5.97 Å². The number of carboxylic acids is 1. The Balaban J connectivity index is 1.31. The zero-order valence-corrected chi connectivity index (χ0v) is 23.1. The monoisotopic (exact) mass is 568 g/mol. The third-order valence-electron chi connectivity index (χ3n) is 6.70. The van der Waals surface area contributed by atoms with Gasteiger partial charge in [-0.15, -0.1) is 0 Å². The van der Waals surface area contributed by atoms with Crippen molar-refractivity contribution in [3.8, 4) is 0 Å². The number of thioether (sulfide) groups is 1. The summed E-state index contributed by atoms with van der Waals surface area (Å²) >= 11 is 1.55. The van der Waals surface area contributed by atoms with Crippen LogP contribution < -0.4 is 5.32 Å². The Labute approximate surface area is 237 Å². The molecular weight excluding hydrogens is 532 g/mol. The van der Waals surface area contributed by atoms with Crippen LogP contribution in [0.2, 0.25) is 0 Å². The highest BCUT2D eigenvalue weighted by molar-refractivity contribution is 7.99. The van der Waals surface area contributed by atoms with Gasteiger partial charge in [0.1, 0.15) is 6.33 Å². The number of carbonyl (C=O) groups is 2. The third kappa shape index (κ3) is 9.44. The Bertz CT molecular complexity index is 1190. The average Bonchev–Trinajstić information content (AvgIpc) is 3.51. The molecule has 1 aromatic heterocycles. The Morgan fingerprint density at radius 2 is 1.65 bits per heavy atom. The van der Waals surface area contributed by atoms with Gasteiger partial charge in [-0.2, -0.15) is 5.10 Å². The van der Waals surface area contributed by atoms with Crippen LogP contribution in [0.3, 0.4) is 0 Å². The number of carbonyl (C=O) groups excluding carboxylic acids is 1. The fourth-order valence-corrected chi connectivity index (χ4v) is 5.25. The molecule has 4 N–H and O–H groups in total. The zero-order chi connectivity index (χ0) is 28.2. The van der Waals surface area contributed by atoms with Crippen LogP contribution in [-0.2, 0) is 32.2 Å². The number of carboxylic acid groups (broad SMARTS) is 1. The molecule has 0 aliphatic carbocycles. The number of aliphatic hydroxyl groups is 1. The first-order valence-electron chi connectivity index (χ1n) is 13.6. The van der Waals surface area contributed by atoms with Crippen molar-refractivity contribution in [3.63, 3.8) is 0 Å². The number of amides is 1. The molecule has 1 aliphatic heterocycles. The number of H-pyrrole nitrogens is 1. The molecule has 3 unspecified atom stereocenters. The van der Waals surface area contributed by atoms with Crippen molar-refractivity contribution in [1.29, 1.82) is 0 Å². The van der Waals surface area contributed by atoms with Gasteiger partial charge in [0.2, 0.25) is 5.91 Å². The topological polar surface area (TPSA) is 147 Å². The molecule has 0 spiro atoms. The number of hydrogen-bond donors (Lipinski definition) is 4. The van der Waals surface area contributed by atoms with Crippen LogP contribution in [0.4, 0.5) is 0 Å². The number of aliphatic hydroxyl groups excluding tert-OH is 1. The lowest BCUT2D eigenvalue weighted by atomic mass is 10.0. The van der Waals surface area contributed by atoms with Gasteiger partial charge in [-0.25, -0.2) is 4.98 Å². The number of rotatable bonds is 15. The van der Waals surface area contributed by atoms with Gasteiger partial charge in [-0.1, -0.05) is 73.1 Å². The van der Waals surface area contributed by atoms with Crippen LogP contribution in [0.5, 0.6) is 0 Å². The molecule has 0 radical (unpaired) electrons. The average molecular weight is 569 g/mol. The van der Waals surface area contributed by atoms with Gasteiger partial charge in [-0.3, -0.25) is 14.7 Å². The van der Waals surface area contributed by atoms with Crippen molar-refractivity contribution in [2.75, 3.05) is 5.75 Å². The molecule has 40 heavy (non-hydrogen) atoms. The van der Waals surface area contributed by atoms with Crippen molar-refractivity contribution in [2.24, 2.45) is 0 Å². The van der Waals surface area contributed by atoms with Crippen LogP contribution in [0.25, 0.3) is 0 Å². The maximum absolute atomic E-state index is 12.2. The van der Waals surface area contributed by atoms with Crippen LogP contribution in [0.1, 0.15) is 79.6 Å². The minimum Gasteiger partial charge on any atom is -0.481 e. The number of nitrogens with one attached hydrogen (secondary N) is 2. The fourth-order valence-electron chi connectivity index (χ4n) is 4.46. The van der Waals surface area contributed by atoms with E-state index in [2.05, 4.69) is 20.5 Å². The standard InChI is InChI=1S/C29H36N4O6S/c34-17-21-9-11-22(12-10-21)25-15-24(18-40-29-31-19-32-33-29)38-28(39-25)23-13-7-20(8-14-23)16-30-26(35)5-3-1-2-4-6-27(36)37/h7-14,19,24-25,28,34H,1-6,15-18H2,(H,30,35)(H,36,37)(H,31,32,33). The van der Waals surface area contributed by atoms with E-state index in [-0.39, 0.29) is 31.1 Å². The molecule has 1 aliphatic rings. The number of benzene rings is 2. The van der Waals surface area contributed by atoms with Crippen LogP contribution >= 0.6 is 11.8 Å². The van der Waals surface area contributed by atoms with E-state index in [0.717, 1.165) is 46.7 Å². The first-order chi connectivity index (χ1) is 19.5. The lowest BCUT2D eigenvalue weighted by Gasteiger charge is -2.36. The van der Waals surface area contributed by atoms with E-state index in [1.165, 1.54) is 6.33 Å². The molecule has 3 atom stereocenters. The Kier molecular flexibility index (Phi) is 11.5. The van der Waals surface area contributed by atoms with Gasteiger partial charge in [-0.05, 0) is 29.5 Å². The summed E-state index contributed by atoms with van der Waals surface area (Å²) in [7, 11) is 0. The van der Waals surface area contributed by atoms with E-state index >= 15 is 0 Å². The van der Waals surface area contributed by atoms with Crippen LogP contribution in [0, 0.1) is 0 Å². The summed E-state index contributed by atoms with van der Waals surface area (Å²) in [6.07, 6.45) is 5.04. The fraction of sp³-hybridized carbons (Fsp3) is 0.448. The molecule has 1 saturated heterocycles. The van der Waals surface area contributed by atoms with E-state index in [1.807, 2.05) is 48.5 Å². The lowest BCUT2D eigenvalue weighted by molar-refractivity contribution is -0.245. The highest BCUT2D eigenvalue weighted by Gasteiger charge is 2.32. The molecule has 3 aromatic rings. The molecule has 0 bridgehead atoms. The first kappa shape index (κ1) is 29.7. The summed E-state index contributed by atoms with van der Waals surface area (Å²) in [5.41, 5.74) is 3.75. The van der Waals surface area contributed by atoms with Gasteiger partial charge < -0.3 is 25.0 Å². The predicted molar refractivity (Wildman–Crippen MR) is 149 cm³/mol. The number of aromatic amines is 1. The van der Waals surface area contributed by atoms with E-state index in [0.29, 0.717) is 31.6 Å². The number of hydrogen-bond acceptors (Lipinski definition) is 8. The minimum absolute atomic E-state index is 0.00457. The van der Waals surface area contributed by atoms with Crippen molar-refractivity contribution in [1.82, 2.24) is 20.5 Å². The second-order valence-electron chi connectivity index (χ2n) is 9.78. The second kappa shape index (κ2) is 15.5. The maximum atomic E-state index is 12.2. The smallest absolute Gasteiger partial charge is 0.303 e. The van der Waals surface area contributed by atoms with Crippen LogP contribution in [-0.4, -0.2) is 49.1 Å². The Morgan fingerprint density at radius 1 is 0.950 bits per heavy atom. The number of aliphatic carboxylic acids is 1. The van der Waals surface area contributed by atoms with E-state index in [1.54, 1.807) is 11.8 Å². The van der Waals surface area contributed by atoms with Gasteiger partial charge in [0.05, 0.1) is 18.8 Å². The summed E-state index contributed by atoms with van der Waals surface area (Å²) in [6, 6.07) is 15.6. The van der Waals surface area contributed by atoms with Gasteiger partial charge in [0.25, 0.3) is 0 Å². The van der Waals surface area contributed by atoms with Crippen LogP contribution in [0.15, 0.2) is 60.0 Å². The summed E-state index contributed by atoms with van der Waals surface area (Å²) < 4.78 is 12.7. The number of ether oxygens (including phenoxy) is 2. The normalized spacial score (nSPS) is 18.9. The van der Waals surface area contributed by atoms with E-state index in [4.69, 9.17) is 14.6 Å². The predicted octanol–water partition coefficient (Wildman–Crippen LogP) is 4.68. The first-order valence-corrected chi connectivity index (χ1v) is 14.5. The van der Waals surface area contributed by atoms with Gasteiger partial charge in [0, 0.05) is 37.1 Å². The van der Waals surface area contributed by atoms with Crippen molar-refractivity contribution < 1.29 is 29.3 Å². The molecule has 2 heterocycles. The third-order valence-corrected chi connectivity index (χ3v) is 7.71. The Morgan fingerprint density at radius 3 is 2.33 bits per heavy atom. The summed E-state index contributed by atoms with van der Waals surface area (Å²) in [5, 5.41) is 28.5. The summed E-state index contributed by atoms with van der Waals surface area (Å²) in [5.74, 6) is -0.104. The highest BCUT2D eigenvalue weighted by atomic mass is 32.2. The minimum atomic E-state index is -0.777. The quantitative estimate of drug-likeness (QED) is 0.152. The molecule has 10 nitrogen and oxygen atoms in total. The summed E-state index contributed by atoms with van der Waals surface area (Å²) in [6.45, 7) is 0.427. The van der Waals surface area contributed by atoms with E-state index in [9.17, 15) is 14.7 Å². The van der Waals surface area contributed by atoms with Crippen molar-refractivity contribution in [3.05, 3.63) is 77.1 Å². The number of unbranched alkanes of at least 4 members (excludes halogenated alkanes) is 3. The van der Waals surface area contributed by atoms with Crippen molar-refractivity contribution >= 4 is 23.6 Å². The molecule has 4 rings (SSSR count). The summed E-state index contributed by atoms with van der Waals surface area (Å²) in [4.78, 5) is 26.9. The van der Waals surface area contributed by atoms with Gasteiger partial charge in [0.15, 0.2) is 11.4 Å². The molecule has 0 saturated carbocycles. The number of nitrogens with zero attached hydrogens (tertiary/aromatic N) is 2. The maximum Gasteiger partial charge on any atom is 0.303 e.